The number of benzene rings is 2. The van der Waals surface area contributed by atoms with Crippen molar-refractivity contribution >= 4 is 38.1 Å². The summed E-state index contributed by atoms with van der Waals surface area (Å²) >= 11 is 6.15. The predicted octanol–water partition coefficient (Wildman–Crippen LogP) is 3.90. The van der Waals surface area contributed by atoms with Gasteiger partial charge in [-0.25, -0.2) is 8.42 Å². The maximum atomic E-state index is 12.6. The number of rotatable bonds is 3. The Bertz CT molecular complexity index is 945. The van der Waals surface area contributed by atoms with Gasteiger partial charge < -0.3 is 4.52 Å². The molecule has 0 radical (unpaired) electrons. The van der Waals surface area contributed by atoms with Crippen molar-refractivity contribution < 1.29 is 12.9 Å². The number of anilines is 1. The molecule has 0 aliphatic heterocycles. The van der Waals surface area contributed by atoms with E-state index in [0.29, 0.717) is 16.4 Å². The van der Waals surface area contributed by atoms with Gasteiger partial charge in [-0.05, 0) is 26.0 Å². The molecule has 1 N–H and O–H groups in total. The van der Waals surface area contributed by atoms with Crippen molar-refractivity contribution in [3.63, 3.8) is 0 Å². The maximum Gasteiger partial charge on any atom is 0.267 e. The molecule has 22 heavy (non-hydrogen) atoms. The molecule has 1 aromatic heterocycles. The number of halogens is 1. The van der Waals surface area contributed by atoms with Crippen LogP contribution >= 0.6 is 11.6 Å². The fraction of sp³-hybridized carbons (Fsp3) is 0.133. The molecule has 2 aromatic carbocycles. The first-order valence-electron chi connectivity index (χ1n) is 6.53. The van der Waals surface area contributed by atoms with Crippen molar-refractivity contribution in [1.29, 1.82) is 0 Å². The van der Waals surface area contributed by atoms with E-state index in [4.69, 9.17) is 16.1 Å². The van der Waals surface area contributed by atoms with Crippen molar-refractivity contribution in [2.45, 2.75) is 18.7 Å². The molecule has 0 saturated carbocycles. The highest BCUT2D eigenvalue weighted by molar-refractivity contribution is 7.92. The van der Waals surface area contributed by atoms with Crippen molar-refractivity contribution in [1.82, 2.24) is 5.16 Å². The van der Waals surface area contributed by atoms with E-state index >= 15 is 0 Å². The Labute approximate surface area is 132 Å². The quantitative estimate of drug-likeness (QED) is 0.787. The second-order valence-corrected chi connectivity index (χ2v) is 6.93. The molecule has 5 nitrogen and oxygen atoms in total. The van der Waals surface area contributed by atoms with Gasteiger partial charge in [0.2, 0.25) is 0 Å². The van der Waals surface area contributed by atoms with E-state index < -0.39 is 10.0 Å². The molecular formula is C15H13ClN2O3S. The van der Waals surface area contributed by atoms with Crippen molar-refractivity contribution in [3.8, 4) is 0 Å². The van der Waals surface area contributed by atoms with Crippen molar-refractivity contribution in [3.05, 3.63) is 52.9 Å². The first kappa shape index (κ1) is 14.9. The SMILES string of the molecule is Cc1noc(C)c1S(=O)(=O)Nc1ccc(Cl)c2ccccc12. The molecule has 0 fully saturated rings. The lowest BCUT2D eigenvalue weighted by atomic mass is 10.1. The Hall–Kier alpha value is -2.05. The van der Waals surface area contributed by atoms with Gasteiger partial charge in [0.25, 0.3) is 10.0 Å². The minimum absolute atomic E-state index is 0.0616. The molecular weight excluding hydrogens is 324 g/mol. The van der Waals surface area contributed by atoms with Crippen LogP contribution in [0.1, 0.15) is 11.5 Å². The van der Waals surface area contributed by atoms with Gasteiger partial charge in [-0.2, -0.15) is 0 Å². The van der Waals surface area contributed by atoms with Crippen molar-refractivity contribution in [2.75, 3.05) is 4.72 Å². The molecule has 0 bridgehead atoms. The summed E-state index contributed by atoms with van der Waals surface area (Å²) in [5.41, 5.74) is 0.781. The lowest BCUT2D eigenvalue weighted by Gasteiger charge is -2.11. The lowest BCUT2D eigenvalue weighted by Crippen LogP contribution is -2.14. The fourth-order valence-electron chi connectivity index (χ4n) is 2.41. The minimum atomic E-state index is -3.78. The zero-order chi connectivity index (χ0) is 15.9. The van der Waals surface area contributed by atoms with E-state index in [1.54, 1.807) is 26.0 Å². The van der Waals surface area contributed by atoms with E-state index in [-0.39, 0.29) is 10.7 Å². The molecule has 7 heteroatoms. The smallest absolute Gasteiger partial charge is 0.267 e. The lowest BCUT2D eigenvalue weighted by molar-refractivity contribution is 0.390. The molecule has 0 unspecified atom stereocenters. The second kappa shape index (κ2) is 5.30. The summed E-state index contributed by atoms with van der Waals surface area (Å²) in [6.45, 7) is 3.15. The van der Waals surface area contributed by atoms with Crippen LogP contribution in [0.2, 0.25) is 5.02 Å². The number of hydrogen-bond donors (Lipinski definition) is 1. The Kier molecular flexibility index (Phi) is 3.58. The Balaban J connectivity index is 2.13. The number of aryl methyl sites for hydroxylation is 2. The number of nitrogens with one attached hydrogen (secondary N) is 1. The van der Waals surface area contributed by atoms with Gasteiger partial charge >= 0.3 is 0 Å². The Morgan fingerprint density at radius 3 is 2.41 bits per heavy atom. The topological polar surface area (TPSA) is 72.2 Å². The summed E-state index contributed by atoms with van der Waals surface area (Å²) in [5, 5.41) is 5.76. The average Bonchev–Trinajstić information content (AvgIpc) is 2.82. The van der Waals surface area contributed by atoms with Gasteiger partial charge in [-0.15, -0.1) is 0 Å². The van der Waals surface area contributed by atoms with Crippen LogP contribution in [0.5, 0.6) is 0 Å². The highest BCUT2D eigenvalue weighted by Crippen LogP contribution is 2.31. The second-order valence-electron chi connectivity index (χ2n) is 4.90. The molecule has 0 spiro atoms. The highest BCUT2D eigenvalue weighted by Gasteiger charge is 2.24. The van der Waals surface area contributed by atoms with Crippen LogP contribution in [-0.4, -0.2) is 13.6 Å². The van der Waals surface area contributed by atoms with Crippen LogP contribution in [0.3, 0.4) is 0 Å². The molecule has 3 rings (SSSR count). The van der Waals surface area contributed by atoms with Crippen LogP contribution in [-0.2, 0) is 10.0 Å². The maximum absolute atomic E-state index is 12.6. The van der Waals surface area contributed by atoms with Gasteiger partial charge in [-0.1, -0.05) is 41.0 Å². The Morgan fingerprint density at radius 1 is 1.09 bits per heavy atom. The molecule has 0 amide bonds. The summed E-state index contributed by atoms with van der Waals surface area (Å²) in [7, 11) is -3.78. The van der Waals surface area contributed by atoms with E-state index in [2.05, 4.69) is 9.88 Å². The standard InChI is InChI=1S/C15H13ClN2O3S/c1-9-15(10(2)21-17-9)22(19,20)18-14-8-7-13(16)11-5-3-4-6-12(11)14/h3-8,18H,1-2H3. The number of sulfonamides is 1. The first-order chi connectivity index (χ1) is 10.4. The summed E-state index contributed by atoms with van der Waals surface area (Å²) in [6.07, 6.45) is 0. The van der Waals surface area contributed by atoms with Gasteiger partial charge in [-0.3, -0.25) is 4.72 Å². The van der Waals surface area contributed by atoms with Crippen LogP contribution in [0.15, 0.2) is 45.8 Å². The van der Waals surface area contributed by atoms with Crippen molar-refractivity contribution in [2.24, 2.45) is 0 Å². The van der Waals surface area contributed by atoms with Gasteiger partial charge in [0.05, 0.1) is 5.69 Å². The Morgan fingerprint density at radius 2 is 1.77 bits per heavy atom. The van der Waals surface area contributed by atoms with Gasteiger partial charge in [0.1, 0.15) is 5.69 Å². The molecule has 114 valence electrons. The number of nitrogens with zero attached hydrogens (tertiary/aromatic N) is 1. The predicted molar refractivity (Wildman–Crippen MR) is 85.7 cm³/mol. The third-order valence-electron chi connectivity index (χ3n) is 3.35. The van der Waals surface area contributed by atoms with Crippen LogP contribution in [0.25, 0.3) is 10.8 Å². The number of aromatic nitrogens is 1. The third kappa shape index (κ3) is 2.44. The van der Waals surface area contributed by atoms with E-state index in [1.807, 2.05) is 24.3 Å². The van der Waals surface area contributed by atoms with Crippen LogP contribution in [0.4, 0.5) is 5.69 Å². The largest absolute Gasteiger partial charge is 0.360 e. The van der Waals surface area contributed by atoms with Gasteiger partial charge in [0, 0.05) is 15.8 Å². The summed E-state index contributed by atoms with van der Waals surface area (Å²) in [4.78, 5) is 0.0616. The molecule has 0 saturated heterocycles. The number of hydrogen-bond acceptors (Lipinski definition) is 4. The van der Waals surface area contributed by atoms with E-state index in [0.717, 1.165) is 10.8 Å². The zero-order valence-corrected chi connectivity index (χ0v) is 13.5. The first-order valence-corrected chi connectivity index (χ1v) is 8.39. The minimum Gasteiger partial charge on any atom is -0.360 e. The van der Waals surface area contributed by atoms with Crippen LogP contribution < -0.4 is 4.72 Å². The average molecular weight is 337 g/mol. The molecule has 1 heterocycles. The molecule has 3 aromatic rings. The van der Waals surface area contributed by atoms with Gasteiger partial charge in [0.15, 0.2) is 10.7 Å². The normalized spacial score (nSPS) is 11.8. The van der Waals surface area contributed by atoms with Crippen LogP contribution in [0, 0.1) is 13.8 Å². The molecule has 0 aliphatic carbocycles. The van der Waals surface area contributed by atoms with E-state index in [9.17, 15) is 8.42 Å². The zero-order valence-electron chi connectivity index (χ0n) is 11.9. The summed E-state index contributed by atoms with van der Waals surface area (Å²) < 4.78 is 32.7. The molecule has 0 atom stereocenters. The number of fused-ring (bicyclic) bond motifs is 1. The highest BCUT2D eigenvalue weighted by atomic mass is 35.5. The summed E-state index contributed by atoms with van der Waals surface area (Å²) in [5.74, 6) is 0.253. The third-order valence-corrected chi connectivity index (χ3v) is 5.29. The van der Waals surface area contributed by atoms with E-state index in [1.165, 1.54) is 0 Å². The molecule has 0 aliphatic rings. The fourth-order valence-corrected chi connectivity index (χ4v) is 4.04. The summed E-state index contributed by atoms with van der Waals surface area (Å²) in [6, 6.07) is 10.6. The monoisotopic (exact) mass is 336 g/mol.